The highest BCUT2D eigenvalue weighted by molar-refractivity contribution is 14.0. The Morgan fingerprint density at radius 2 is 2.13 bits per heavy atom. The molecule has 0 saturated carbocycles. The smallest absolute Gasteiger partial charge is 0.192 e. The molecule has 172 valence electrons. The van der Waals surface area contributed by atoms with Crippen LogP contribution in [0.4, 0.5) is 0 Å². The van der Waals surface area contributed by atoms with Gasteiger partial charge >= 0.3 is 0 Å². The van der Waals surface area contributed by atoms with Gasteiger partial charge in [-0.15, -0.1) is 34.2 Å². The quantitative estimate of drug-likeness (QED) is 0.208. The summed E-state index contributed by atoms with van der Waals surface area (Å²) >= 11 is 0. The summed E-state index contributed by atoms with van der Waals surface area (Å²) in [5.74, 6) is 3.03. The third kappa shape index (κ3) is 8.38. The summed E-state index contributed by atoms with van der Waals surface area (Å²) in [6, 6.07) is 10.5. The molecule has 2 heterocycles. The number of nitrogens with zero attached hydrogens (tertiary/aromatic N) is 4. The largest absolute Gasteiger partial charge is 0.381 e. The van der Waals surface area contributed by atoms with E-state index in [-0.39, 0.29) is 30.0 Å². The first kappa shape index (κ1) is 25.5. The van der Waals surface area contributed by atoms with Crippen molar-refractivity contribution in [2.75, 3.05) is 33.0 Å². The van der Waals surface area contributed by atoms with Gasteiger partial charge in [-0.05, 0) is 32.3 Å². The molecule has 0 bridgehead atoms. The number of hydrogen-bond acceptors (Lipinski definition) is 5. The molecule has 1 aliphatic rings. The van der Waals surface area contributed by atoms with Crippen LogP contribution in [0.15, 0.2) is 35.3 Å². The third-order valence-electron chi connectivity index (χ3n) is 5.35. The van der Waals surface area contributed by atoms with Gasteiger partial charge in [-0.1, -0.05) is 30.3 Å². The Kier molecular flexibility index (Phi) is 11.2. The highest BCUT2D eigenvalue weighted by atomic mass is 127. The summed E-state index contributed by atoms with van der Waals surface area (Å²) in [7, 11) is 1.96. The van der Waals surface area contributed by atoms with Crippen LogP contribution in [-0.2, 0) is 23.1 Å². The van der Waals surface area contributed by atoms with Crippen LogP contribution in [0, 0.1) is 12.8 Å². The second-order valence-corrected chi connectivity index (χ2v) is 7.75. The van der Waals surface area contributed by atoms with Gasteiger partial charge in [0.1, 0.15) is 12.4 Å². The van der Waals surface area contributed by atoms with Gasteiger partial charge in [0.25, 0.3) is 0 Å². The van der Waals surface area contributed by atoms with Crippen molar-refractivity contribution in [3.05, 3.63) is 47.5 Å². The zero-order valence-corrected chi connectivity index (χ0v) is 21.0. The lowest BCUT2D eigenvalue weighted by atomic mass is 10.1. The van der Waals surface area contributed by atoms with Crippen molar-refractivity contribution in [3.63, 3.8) is 0 Å². The van der Waals surface area contributed by atoms with Crippen molar-refractivity contribution in [1.29, 1.82) is 0 Å². The Hall–Kier alpha value is -1.72. The van der Waals surface area contributed by atoms with Gasteiger partial charge in [-0.2, -0.15) is 0 Å². The molecule has 2 aromatic rings. The molecule has 2 atom stereocenters. The first-order valence-corrected chi connectivity index (χ1v) is 10.7. The van der Waals surface area contributed by atoms with Crippen LogP contribution in [0.5, 0.6) is 0 Å². The van der Waals surface area contributed by atoms with Gasteiger partial charge in [0.05, 0.1) is 19.3 Å². The van der Waals surface area contributed by atoms with Gasteiger partial charge < -0.3 is 24.7 Å². The minimum atomic E-state index is 0. The van der Waals surface area contributed by atoms with Crippen LogP contribution in [0.1, 0.15) is 43.0 Å². The molecule has 1 saturated heterocycles. The Balaban J connectivity index is 0.00000341. The summed E-state index contributed by atoms with van der Waals surface area (Å²) in [6.45, 7) is 8.53. The SMILES string of the molecule is Cc1nnc(CN=C(NCCCOCC2CCOC2)NC(C)c2ccccc2)n1C.I. The topological polar surface area (TPSA) is 85.6 Å². The second kappa shape index (κ2) is 13.6. The number of aliphatic imine (C=N–C) groups is 1. The molecule has 0 amide bonds. The summed E-state index contributed by atoms with van der Waals surface area (Å²) in [5.41, 5.74) is 1.21. The number of hydrogen-bond donors (Lipinski definition) is 2. The zero-order valence-electron chi connectivity index (χ0n) is 18.7. The van der Waals surface area contributed by atoms with Crippen LogP contribution < -0.4 is 10.6 Å². The Bertz CT molecular complexity index is 793. The van der Waals surface area contributed by atoms with Crippen molar-refractivity contribution in [2.24, 2.45) is 18.0 Å². The van der Waals surface area contributed by atoms with E-state index in [1.54, 1.807) is 0 Å². The lowest BCUT2D eigenvalue weighted by Gasteiger charge is -2.19. The Morgan fingerprint density at radius 3 is 2.81 bits per heavy atom. The fraction of sp³-hybridized carbons (Fsp3) is 0.591. The monoisotopic (exact) mass is 542 g/mol. The fourth-order valence-electron chi connectivity index (χ4n) is 3.27. The molecule has 1 aromatic heterocycles. The number of rotatable bonds is 10. The van der Waals surface area contributed by atoms with Crippen molar-refractivity contribution in [2.45, 2.75) is 39.3 Å². The van der Waals surface area contributed by atoms with Crippen LogP contribution >= 0.6 is 24.0 Å². The standard InChI is InChI=1S/C22H34N6O2.HI/c1-17(20-8-5-4-6-9-20)25-22(24-14-21-27-26-18(2)28(21)3)23-11-7-12-29-15-19-10-13-30-16-19;/h4-6,8-9,17,19H,7,10-16H2,1-3H3,(H2,23,24,25);1H. The van der Waals surface area contributed by atoms with Gasteiger partial charge in [-0.3, -0.25) is 0 Å². The predicted molar refractivity (Wildman–Crippen MR) is 133 cm³/mol. The lowest BCUT2D eigenvalue weighted by molar-refractivity contribution is 0.0888. The van der Waals surface area contributed by atoms with E-state index in [1.165, 1.54) is 5.56 Å². The van der Waals surface area contributed by atoms with Crippen molar-refractivity contribution in [3.8, 4) is 0 Å². The normalized spacial score (nSPS) is 17.3. The molecule has 0 radical (unpaired) electrons. The number of halogens is 1. The molecule has 2 N–H and O–H groups in total. The maximum atomic E-state index is 5.80. The maximum Gasteiger partial charge on any atom is 0.192 e. The van der Waals surface area contributed by atoms with E-state index in [0.717, 1.165) is 63.4 Å². The molecule has 0 aliphatic carbocycles. The zero-order chi connectivity index (χ0) is 21.2. The van der Waals surface area contributed by atoms with Crippen LogP contribution in [0.2, 0.25) is 0 Å². The highest BCUT2D eigenvalue weighted by Gasteiger charge is 2.15. The molecule has 31 heavy (non-hydrogen) atoms. The number of nitrogens with one attached hydrogen (secondary N) is 2. The lowest BCUT2D eigenvalue weighted by Crippen LogP contribution is -2.39. The number of aromatic nitrogens is 3. The summed E-state index contributed by atoms with van der Waals surface area (Å²) in [5, 5.41) is 15.2. The van der Waals surface area contributed by atoms with Gasteiger partial charge in [-0.25, -0.2) is 4.99 Å². The van der Waals surface area contributed by atoms with E-state index < -0.39 is 0 Å². The van der Waals surface area contributed by atoms with E-state index in [4.69, 9.17) is 14.5 Å². The van der Waals surface area contributed by atoms with Gasteiger partial charge in [0.2, 0.25) is 0 Å². The molecule has 1 fully saturated rings. The van der Waals surface area contributed by atoms with E-state index in [0.29, 0.717) is 12.5 Å². The van der Waals surface area contributed by atoms with Crippen molar-refractivity contribution < 1.29 is 9.47 Å². The van der Waals surface area contributed by atoms with E-state index in [1.807, 2.05) is 36.7 Å². The number of aryl methyl sites for hydroxylation is 1. The Labute approximate surface area is 202 Å². The first-order valence-electron chi connectivity index (χ1n) is 10.7. The molecule has 9 heteroatoms. The van der Waals surface area contributed by atoms with Crippen molar-refractivity contribution >= 4 is 29.9 Å². The fourth-order valence-corrected chi connectivity index (χ4v) is 3.27. The van der Waals surface area contributed by atoms with Crippen LogP contribution in [0.25, 0.3) is 0 Å². The average molecular weight is 542 g/mol. The van der Waals surface area contributed by atoms with Crippen LogP contribution in [-0.4, -0.2) is 53.7 Å². The molecule has 1 aromatic carbocycles. The highest BCUT2D eigenvalue weighted by Crippen LogP contribution is 2.12. The number of ether oxygens (including phenoxy) is 2. The molecule has 1 aliphatic heterocycles. The second-order valence-electron chi connectivity index (χ2n) is 7.75. The molecular weight excluding hydrogens is 507 g/mol. The van der Waals surface area contributed by atoms with E-state index in [9.17, 15) is 0 Å². The Morgan fingerprint density at radius 1 is 1.32 bits per heavy atom. The summed E-state index contributed by atoms with van der Waals surface area (Å²) < 4.78 is 13.1. The average Bonchev–Trinajstić information content (AvgIpc) is 3.39. The molecule has 2 unspecified atom stereocenters. The van der Waals surface area contributed by atoms with Gasteiger partial charge in [0, 0.05) is 32.7 Å². The number of benzene rings is 1. The molecule has 8 nitrogen and oxygen atoms in total. The predicted octanol–water partition coefficient (Wildman–Crippen LogP) is 2.98. The molecule has 3 rings (SSSR count). The number of guanidine groups is 1. The first-order chi connectivity index (χ1) is 14.6. The van der Waals surface area contributed by atoms with E-state index >= 15 is 0 Å². The third-order valence-corrected chi connectivity index (χ3v) is 5.35. The summed E-state index contributed by atoms with van der Waals surface area (Å²) in [4.78, 5) is 4.73. The molecule has 0 spiro atoms. The van der Waals surface area contributed by atoms with Gasteiger partial charge in [0.15, 0.2) is 11.8 Å². The maximum absolute atomic E-state index is 5.80. The van der Waals surface area contributed by atoms with Crippen molar-refractivity contribution in [1.82, 2.24) is 25.4 Å². The van der Waals surface area contributed by atoms with E-state index in [2.05, 4.69) is 39.9 Å². The molecular formula is C22H35IN6O2. The minimum Gasteiger partial charge on any atom is -0.381 e. The van der Waals surface area contributed by atoms with Crippen LogP contribution in [0.3, 0.4) is 0 Å². The minimum absolute atomic E-state index is 0. The summed E-state index contributed by atoms with van der Waals surface area (Å²) in [6.07, 6.45) is 2.02.